The summed E-state index contributed by atoms with van der Waals surface area (Å²) in [4.78, 5) is 26.1. The number of rotatable bonds is 5. The second kappa shape index (κ2) is 7.90. The van der Waals surface area contributed by atoms with Crippen molar-refractivity contribution in [3.8, 4) is 23.8 Å². The number of nitrogens with one attached hydrogen (secondary N) is 2. The van der Waals surface area contributed by atoms with Gasteiger partial charge in [-0.1, -0.05) is 5.92 Å². The Hall–Kier alpha value is -2.72. The van der Waals surface area contributed by atoms with Crippen molar-refractivity contribution in [3.63, 3.8) is 0 Å². The molecule has 7 nitrogen and oxygen atoms in total. The molecule has 2 N–H and O–H groups in total. The zero-order chi connectivity index (χ0) is 17.6. The van der Waals surface area contributed by atoms with E-state index in [-0.39, 0.29) is 31.1 Å². The number of nitrogens with zero attached hydrogens (tertiary/aromatic N) is 1. The molecular weight excluding hydrogens is 322 g/mol. The summed E-state index contributed by atoms with van der Waals surface area (Å²) >= 11 is 0. The summed E-state index contributed by atoms with van der Waals surface area (Å²) in [5.74, 6) is 3.56. The first-order valence-electron chi connectivity index (χ1n) is 8.29. The Labute approximate surface area is 146 Å². The van der Waals surface area contributed by atoms with Crippen LogP contribution in [0, 0.1) is 18.3 Å². The van der Waals surface area contributed by atoms with Crippen LogP contribution in [0.25, 0.3) is 0 Å². The van der Waals surface area contributed by atoms with E-state index in [1.165, 1.54) is 0 Å². The van der Waals surface area contributed by atoms with Crippen molar-refractivity contribution in [2.45, 2.75) is 12.8 Å². The minimum atomic E-state index is -0.0822. The number of terminal acetylenes is 1. The van der Waals surface area contributed by atoms with Crippen molar-refractivity contribution in [1.82, 2.24) is 10.2 Å². The Bertz CT molecular complexity index is 690. The fraction of sp³-hybridized carbons (Fsp3) is 0.444. The third-order valence-corrected chi connectivity index (χ3v) is 4.35. The van der Waals surface area contributed by atoms with Crippen LogP contribution in [-0.2, 0) is 9.59 Å². The maximum atomic E-state index is 12.4. The number of carbonyl (C=O) groups excluding carboxylic acids is 2. The van der Waals surface area contributed by atoms with Crippen LogP contribution in [0.5, 0.6) is 11.5 Å². The molecule has 1 aromatic carbocycles. The highest BCUT2D eigenvalue weighted by atomic mass is 16.7. The molecular formula is C18H21N3O4. The largest absolute Gasteiger partial charge is 0.454 e. The maximum Gasteiger partial charge on any atom is 0.234 e. The van der Waals surface area contributed by atoms with Crippen LogP contribution in [0.4, 0.5) is 5.69 Å². The Balaban J connectivity index is 1.45. The Kier molecular flexibility index (Phi) is 5.41. The third-order valence-electron chi connectivity index (χ3n) is 4.35. The quantitative estimate of drug-likeness (QED) is 0.774. The molecule has 0 aromatic heterocycles. The molecule has 0 radical (unpaired) electrons. The lowest BCUT2D eigenvalue weighted by Crippen LogP contribution is -2.43. The summed E-state index contributed by atoms with van der Waals surface area (Å²) in [7, 11) is 0. The van der Waals surface area contributed by atoms with E-state index < -0.39 is 0 Å². The van der Waals surface area contributed by atoms with Crippen molar-refractivity contribution < 1.29 is 19.1 Å². The van der Waals surface area contributed by atoms with E-state index in [9.17, 15) is 9.59 Å². The number of hydrogen-bond acceptors (Lipinski definition) is 5. The van der Waals surface area contributed by atoms with E-state index in [2.05, 4.69) is 16.6 Å². The molecule has 1 saturated heterocycles. The van der Waals surface area contributed by atoms with Gasteiger partial charge < -0.3 is 20.1 Å². The topological polar surface area (TPSA) is 79.9 Å². The lowest BCUT2D eigenvalue weighted by atomic mass is 9.96. The van der Waals surface area contributed by atoms with Gasteiger partial charge in [0.05, 0.1) is 13.1 Å². The molecule has 2 aliphatic rings. The van der Waals surface area contributed by atoms with Crippen molar-refractivity contribution >= 4 is 17.5 Å². The van der Waals surface area contributed by atoms with Gasteiger partial charge in [0.25, 0.3) is 0 Å². The number of piperidine rings is 1. The van der Waals surface area contributed by atoms with Crippen molar-refractivity contribution in [2.24, 2.45) is 5.92 Å². The van der Waals surface area contributed by atoms with Crippen LogP contribution >= 0.6 is 0 Å². The number of hydrogen-bond donors (Lipinski definition) is 2. The molecule has 0 bridgehead atoms. The average molecular weight is 343 g/mol. The molecule has 1 fully saturated rings. The van der Waals surface area contributed by atoms with Gasteiger partial charge in [-0.2, -0.15) is 0 Å². The lowest BCUT2D eigenvalue weighted by Gasteiger charge is -2.30. The van der Waals surface area contributed by atoms with Crippen LogP contribution in [0.1, 0.15) is 12.8 Å². The van der Waals surface area contributed by atoms with E-state index in [0.29, 0.717) is 36.8 Å². The molecule has 0 saturated carbocycles. The van der Waals surface area contributed by atoms with Gasteiger partial charge in [0, 0.05) is 17.7 Å². The van der Waals surface area contributed by atoms with Gasteiger partial charge in [-0.15, -0.1) is 6.42 Å². The Morgan fingerprint density at radius 2 is 2.00 bits per heavy atom. The van der Waals surface area contributed by atoms with E-state index in [1.54, 1.807) is 18.2 Å². The van der Waals surface area contributed by atoms with Crippen LogP contribution in [0.2, 0.25) is 0 Å². The first-order chi connectivity index (χ1) is 12.2. The highest BCUT2D eigenvalue weighted by molar-refractivity contribution is 5.93. The van der Waals surface area contributed by atoms with Crippen molar-refractivity contribution in [2.75, 3.05) is 38.3 Å². The maximum absolute atomic E-state index is 12.4. The number of ether oxygens (including phenoxy) is 2. The number of benzene rings is 1. The van der Waals surface area contributed by atoms with Gasteiger partial charge in [0.15, 0.2) is 11.5 Å². The number of fused-ring (bicyclic) bond motifs is 1. The van der Waals surface area contributed by atoms with Crippen LogP contribution < -0.4 is 20.1 Å². The van der Waals surface area contributed by atoms with Crippen LogP contribution in [-0.4, -0.2) is 49.7 Å². The zero-order valence-corrected chi connectivity index (χ0v) is 13.9. The van der Waals surface area contributed by atoms with Gasteiger partial charge in [0.2, 0.25) is 18.6 Å². The van der Waals surface area contributed by atoms with E-state index in [1.807, 2.05) is 4.90 Å². The fourth-order valence-electron chi connectivity index (χ4n) is 2.98. The predicted molar refractivity (Wildman–Crippen MR) is 92.2 cm³/mol. The first kappa shape index (κ1) is 17.1. The summed E-state index contributed by atoms with van der Waals surface area (Å²) in [5, 5.41) is 5.58. The molecule has 132 valence electrons. The van der Waals surface area contributed by atoms with Gasteiger partial charge in [-0.05, 0) is 38.1 Å². The molecule has 1 aromatic rings. The minimum absolute atomic E-state index is 0.00435. The van der Waals surface area contributed by atoms with Crippen LogP contribution in [0.15, 0.2) is 18.2 Å². The summed E-state index contributed by atoms with van der Waals surface area (Å²) in [6.45, 7) is 2.19. The number of anilines is 1. The number of amides is 2. The predicted octanol–water partition coefficient (Wildman–Crippen LogP) is 0.815. The molecule has 25 heavy (non-hydrogen) atoms. The highest BCUT2D eigenvalue weighted by Gasteiger charge is 2.26. The normalized spacial score (nSPS) is 16.9. The summed E-state index contributed by atoms with van der Waals surface area (Å²) in [5.41, 5.74) is 0.699. The summed E-state index contributed by atoms with van der Waals surface area (Å²) in [6, 6.07) is 5.36. The lowest BCUT2D eigenvalue weighted by molar-refractivity contribution is -0.123. The van der Waals surface area contributed by atoms with E-state index in [4.69, 9.17) is 15.9 Å². The van der Waals surface area contributed by atoms with Crippen LogP contribution in [0.3, 0.4) is 0 Å². The van der Waals surface area contributed by atoms with Gasteiger partial charge >= 0.3 is 0 Å². The molecule has 2 aliphatic heterocycles. The molecule has 0 atom stereocenters. The van der Waals surface area contributed by atoms with Gasteiger partial charge in [0.1, 0.15) is 0 Å². The van der Waals surface area contributed by atoms with Crippen molar-refractivity contribution in [1.29, 1.82) is 0 Å². The average Bonchev–Trinajstić information content (AvgIpc) is 3.08. The van der Waals surface area contributed by atoms with Gasteiger partial charge in [-0.3, -0.25) is 14.5 Å². The van der Waals surface area contributed by atoms with E-state index in [0.717, 1.165) is 12.8 Å². The Morgan fingerprint density at radius 3 is 2.76 bits per heavy atom. The summed E-state index contributed by atoms with van der Waals surface area (Å²) in [6.07, 6.45) is 6.56. The molecule has 0 unspecified atom stereocenters. The first-order valence-corrected chi connectivity index (χ1v) is 8.29. The smallest absolute Gasteiger partial charge is 0.234 e. The zero-order valence-electron chi connectivity index (χ0n) is 13.9. The third kappa shape index (κ3) is 4.43. The minimum Gasteiger partial charge on any atom is -0.454 e. The standard InChI is InChI=1S/C18H21N3O4/c1-2-7-19-17(22)11-21-8-5-13(6-9-21)18(23)20-14-3-4-15-16(10-14)25-12-24-15/h1,3-4,10,13H,5-9,11-12H2,(H,19,22)(H,20,23). The van der Waals surface area contributed by atoms with E-state index >= 15 is 0 Å². The Morgan fingerprint density at radius 1 is 1.24 bits per heavy atom. The number of likely N-dealkylation sites (tertiary alicyclic amines) is 1. The molecule has 0 spiro atoms. The molecule has 3 rings (SSSR count). The summed E-state index contributed by atoms with van der Waals surface area (Å²) < 4.78 is 10.6. The second-order valence-corrected chi connectivity index (χ2v) is 6.09. The van der Waals surface area contributed by atoms with Gasteiger partial charge in [-0.25, -0.2) is 0 Å². The fourth-order valence-corrected chi connectivity index (χ4v) is 2.98. The second-order valence-electron chi connectivity index (χ2n) is 6.09. The molecule has 0 aliphatic carbocycles. The monoisotopic (exact) mass is 343 g/mol. The SMILES string of the molecule is C#CCNC(=O)CN1CCC(C(=O)Nc2ccc3c(c2)OCO3)CC1. The molecule has 2 heterocycles. The van der Waals surface area contributed by atoms with Crippen molar-refractivity contribution in [3.05, 3.63) is 18.2 Å². The number of carbonyl (C=O) groups is 2. The highest BCUT2D eigenvalue weighted by Crippen LogP contribution is 2.34. The molecule has 2 amide bonds. The molecule has 7 heteroatoms.